The van der Waals surface area contributed by atoms with Gasteiger partial charge in [0.2, 0.25) is 21.8 Å². The molecule has 1 N–H and O–H groups in total. The minimum Gasteiger partial charge on any atom is -0.352 e. The Hall–Kier alpha value is -2.87. The van der Waals surface area contributed by atoms with Crippen LogP contribution in [-0.2, 0) is 26.2 Å². The molecule has 214 valence electrons. The van der Waals surface area contributed by atoms with Crippen molar-refractivity contribution in [1.29, 1.82) is 0 Å². The van der Waals surface area contributed by atoms with E-state index in [1.54, 1.807) is 4.90 Å². The fourth-order valence-electron chi connectivity index (χ4n) is 5.32. The van der Waals surface area contributed by atoms with Crippen molar-refractivity contribution in [3.05, 3.63) is 64.7 Å². The van der Waals surface area contributed by atoms with Crippen molar-refractivity contribution >= 4 is 27.5 Å². The summed E-state index contributed by atoms with van der Waals surface area (Å²) in [4.78, 5) is 28.8. The predicted octanol–water partition coefficient (Wildman–Crippen LogP) is 5.41. The SMILES string of the molecule is CC[C@@H](C(=O)NC1CCCCC1)N(Cc1ccc(C)cc1)C(=O)CCCN(c1cc(C)ccc1C)S(C)(=O)=O. The zero-order chi connectivity index (χ0) is 28.6. The molecule has 1 saturated carbocycles. The van der Waals surface area contributed by atoms with Crippen molar-refractivity contribution in [2.24, 2.45) is 0 Å². The molecule has 7 nitrogen and oxygen atoms in total. The molecule has 1 fully saturated rings. The third-order valence-electron chi connectivity index (χ3n) is 7.60. The van der Waals surface area contributed by atoms with Crippen LogP contribution in [0.4, 0.5) is 5.69 Å². The number of carbonyl (C=O) groups is 2. The lowest BCUT2D eigenvalue weighted by Crippen LogP contribution is -2.51. The zero-order valence-corrected chi connectivity index (χ0v) is 25.0. The molecule has 39 heavy (non-hydrogen) atoms. The van der Waals surface area contributed by atoms with E-state index in [4.69, 9.17) is 0 Å². The number of nitrogens with zero attached hydrogens (tertiary/aromatic N) is 2. The van der Waals surface area contributed by atoms with Crippen LogP contribution in [0.1, 0.15) is 80.5 Å². The second-order valence-electron chi connectivity index (χ2n) is 11.0. The van der Waals surface area contributed by atoms with Gasteiger partial charge in [-0.1, -0.05) is 68.1 Å². The molecule has 2 aromatic carbocycles. The van der Waals surface area contributed by atoms with E-state index in [-0.39, 0.29) is 30.8 Å². The number of carbonyl (C=O) groups excluding carboxylic acids is 2. The fourth-order valence-corrected chi connectivity index (χ4v) is 6.34. The summed E-state index contributed by atoms with van der Waals surface area (Å²) in [5.74, 6) is -0.242. The molecule has 0 bridgehead atoms. The van der Waals surface area contributed by atoms with E-state index >= 15 is 0 Å². The van der Waals surface area contributed by atoms with E-state index in [1.807, 2.05) is 70.2 Å². The molecule has 2 amide bonds. The molecule has 1 aliphatic carbocycles. The third-order valence-corrected chi connectivity index (χ3v) is 8.78. The lowest BCUT2D eigenvalue weighted by molar-refractivity contribution is -0.141. The van der Waals surface area contributed by atoms with Gasteiger partial charge in [0.25, 0.3) is 0 Å². The molecule has 0 radical (unpaired) electrons. The summed E-state index contributed by atoms with van der Waals surface area (Å²) in [6.07, 6.45) is 7.60. The molecule has 2 aromatic rings. The Morgan fingerprint density at radius 2 is 1.62 bits per heavy atom. The van der Waals surface area contributed by atoms with Crippen LogP contribution in [0, 0.1) is 20.8 Å². The molecule has 0 heterocycles. The first-order valence-corrected chi connectivity index (χ1v) is 16.0. The van der Waals surface area contributed by atoms with E-state index in [2.05, 4.69) is 5.32 Å². The summed E-state index contributed by atoms with van der Waals surface area (Å²) in [5.41, 5.74) is 4.57. The molecule has 0 spiro atoms. The third kappa shape index (κ3) is 8.82. The molecule has 3 rings (SSSR count). The van der Waals surface area contributed by atoms with E-state index in [1.165, 1.54) is 17.0 Å². The van der Waals surface area contributed by atoms with Gasteiger partial charge in [-0.2, -0.15) is 0 Å². The predicted molar refractivity (Wildman–Crippen MR) is 158 cm³/mol. The zero-order valence-electron chi connectivity index (χ0n) is 24.2. The van der Waals surface area contributed by atoms with Crippen molar-refractivity contribution < 1.29 is 18.0 Å². The molecule has 0 unspecified atom stereocenters. The first kappa shape index (κ1) is 30.7. The highest BCUT2D eigenvalue weighted by Gasteiger charge is 2.30. The van der Waals surface area contributed by atoms with Gasteiger partial charge in [0.05, 0.1) is 11.9 Å². The van der Waals surface area contributed by atoms with Gasteiger partial charge in [-0.3, -0.25) is 13.9 Å². The van der Waals surface area contributed by atoms with Crippen LogP contribution < -0.4 is 9.62 Å². The molecule has 1 atom stereocenters. The van der Waals surface area contributed by atoms with Gasteiger partial charge in [0, 0.05) is 25.6 Å². The Bertz CT molecular complexity index is 1220. The Labute approximate surface area is 235 Å². The summed E-state index contributed by atoms with van der Waals surface area (Å²) in [6.45, 7) is 8.30. The maximum atomic E-state index is 13.7. The number of hydrogen-bond acceptors (Lipinski definition) is 4. The lowest BCUT2D eigenvalue weighted by atomic mass is 9.95. The number of aryl methyl sites for hydroxylation is 3. The summed E-state index contributed by atoms with van der Waals surface area (Å²) in [7, 11) is -3.53. The second-order valence-corrected chi connectivity index (χ2v) is 12.9. The quantitative estimate of drug-likeness (QED) is 0.379. The molecule has 0 aliphatic heterocycles. The smallest absolute Gasteiger partial charge is 0.243 e. The van der Waals surface area contributed by atoms with Crippen LogP contribution in [0.25, 0.3) is 0 Å². The number of benzene rings is 2. The van der Waals surface area contributed by atoms with Crippen molar-refractivity contribution in [1.82, 2.24) is 10.2 Å². The Balaban J connectivity index is 1.77. The van der Waals surface area contributed by atoms with E-state index in [9.17, 15) is 18.0 Å². The number of amides is 2. The van der Waals surface area contributed by atoms with Gasteiger partial charge in [-0.15, -0.1) is 0 Å². The van der Waals surface area contributed by atoms with Crippen molar-refractivity contribution in [3.63, 3.8) is 0 Å². The maximum absolute atomic E-state index is 13.7. The molecule has 0 saturated heterocycles. The molecular weight excluding hydrogens is 510 g/mol. The normalized spacial score (nSPS) is 15.0. The monoisotopic (exact) mass is 555 g/mol. The number of sulfonamides is 1. The van der Waals surface area contributed by atoms with Crippen molar-refractivity contribution in [2.45, 2.75) is 97.7 Å². The van der Waals surface area contributed by atoms with E-state index in [0.29, 0.717) is 25.1 Å². The molecular formula is C31H45N3O4S. The first-order valence-electron chi connectivity index (χ1n) is 14.2. The van der Waals surface area contributed by atoms with Gasteiger partial charge in [0.15, 0.2) is 0 Å². The van der Waals surface area contributed by atoms with Crippen LogP contribution in [0.15, 0.2) is 42.5 Å². The Kier molecular flexibility index (Phi) is 11.0. The summed E-state index contributed by atoms with van der Waals surface area (Å²) in [6, 6.07) is 13.3. The topological polar surface area (TPSA) is 86.8 Å². The van der Waals surface area contributed by atoms with Gasteiger partial charge < -0.3 is 10.2 Å². The molecule has 1 aliphatic rings. The summed E-state index contributed by atoms with van der Waals surface area (Å²) >= 11 is 0. The average molecular weight is 556 g/mol. The van der Waals surface area contributed by atoms with Crippen molar-refractivity contribution in [2.75, 3.05) is 17.1 Å². The van der Waals surface area contributed by atoms with Crippen LogP contribution >= 0.6 is 0 Å². The largest absolute Gasteiger partial charge is 0.352 e. The van der Waals surface area contributed by atoms with Crippen LogP contribution in [0.3, 0.4) is 0 Å². The maximum Gasteiger partial charge on any atom is 0.243 e. The fraction of sp³-hybridized carbons (Fsp3) is 0.548. The van der Waals surface area contributed by atoms with Crippen molar-refractivity contribution in [3.8, 4) is 0 Å². The van der Waals surface area contributed by atoms with Gasteiger partial charge >= 0.3 is 0 Å². The highest BCUT2D eigenvalue weighted by molar-refractivity contribution is 7.92. The van der Waals surface area contributed by atoms with Gasteiger partial charge in [-0.05, 0) is 69.2 Å². The Morgan fingerprint density at radius 1 is 0.974 bits per heavy atom. The van der Waals surface area contributed by atoms with Gasteiger partial charge in [-0.25, -0.2) is 8.42 Å². The molecule has 8 heteroatoms. The second kappa shape index (κ2) is 14.0. The lowest BCUT2D eigenvalue weighted by Gasteiger charge is -2.33. The standard InChI is InChI=1S/C31H45N3O4S/c1-6-28(31(36)32-27-11-8-7-9-12-27)33(22-26-18-15-23(2)16-19-26)30(35)13-10-20-34(39(5,37)38)29-21-24(3)14-17-25(29)4/h14-19,21,27-28H,6-13,20,22H2,1-5H3,(H,32,36)/t28-/m0/s1. The highest BCUT2D eigenvalue weighted by Crippen LogP contribution is 2.25. The van der Waals surface area contributed by atoms with Crippen LogP contribution in [0.2, 0.25) is 0 Å². The van der Waals surface area contributed by atoms with Crippen LogP contribution in [0.5, 0.6) is 0 Å². The number of hydrogen-bond donors (Lipinski definition) is 1. The molecule has 0 aromatic heterocycles. The minimum atomic E-state index is -3.53. The van der Waals surface area contributed by atoms with Crippen LogP contribution in [-0.4, -0.2) is 50.0 Å². The Morgan fingerprint density at radius 3 is 2.23 bits per heavy atom. The summed E-state index contributed by atoms with van der Waals surface area (Å²) in [5, 5.41) is 3.21. The first-order chi connectivity index (χ1) is 18.5. The number of anilines is 1. The van der Waals surface area contributed by atoms with E-state index < -0.39 is 16.1 Å². The van der Waals surface area contributed by atoms with E-state index in [0.717, 1.165) is 47.9 Å². The number of rotatable bonds is 12. The highest BCUT2D eigenvalue weighted by atomic mass is 32.2. The minimum absolute atomic E-state index is 0.0991. The number of nitrogens with one attached hydrogen (secondary N) is 1. The van der Waals surface area contributed by atoms with Gasteiger partial charge in [0.1, 0.15) is 6.04 Å². The summed E-state index contributed by atoms with van der Waals surface area (Å²) < 4.78 is 26.8. The average Bonchev–Trinajstić information content (AvgIpc) is 2.89.